The third-order valence-electron chi connectivity index (χ3n) is 2.26. The summed E-state index contributed by atoms with van der Waals surface area (Å²) in [6.07, 6.45) is 0.0438. The summed E-state index contributed by atoms with van der Waals surface area (Å²) in [6, 6.07) is 3.48. The largest absolute Gasteiger partial charge is 0.495 e. The summed E-state index contributed by atoms with van der Waals surface area (Å²) in [5.41, 5.74) is 0.686. The first-order valence-electron chi connectivity index (χ1n) is 4.74. The molecule has 15 heavy (non-hydrogen) atoms. The van der Waals surface area contributed by atoms with Crippen LogP contribution in [0.4, 0.5) is 0 Å². The zero-order chi connectivity index (χ0) is 11.4. The molecule has 1 rings (SSSR count). The standard InChI is InChI=1S/C11H15ClO3/c1-4-8(13)7-5-6-9(14-2)10(12)11(7)15-3/h5-6,8,13H,4H2,1-3H3/t8-/m1/s1. The highest BCUT2D eigenvalue weighted by atomic mass is 35.5. The number of halogens is 1. The second-order valence-electron chi connectivity index (χ2n) is 3.13. The van der Waals surface area contributed by atoms with E-state index in [9.17, 15) is 5.11 Å². The molecular formula is C11H15ClO3. The van der Waals surface area contributed by atoms with E-state index in [1.165, 1.54) is 14.2 Å². The van der Waals surface area contributed by atoms with E-state index >= 15 is 0 Å². The summed E-state index contributed by atoms with van der Waals surface area (Å²) >= 11 is 6.05. The van der Waals surface area contributed by atoms with Crippen LogP contribution < -0.4 is 9.47 Å². The molecule has 1 N–H and O–H groups in total. The van der Waals surface area contributed by atoms with Gasteiger partial charge in [0.1, 0.15) is 16.5 Å². The van der Waals surface area contributed by atoms with Crippen molar-refractivity contribution in [1.29, 1.82) is 0 Å². The highest BCUT2D eigenvalue weighted by Crippen LogP contribution is 2.39. The van der Waals surface area contributed by atoms with E-state index in [1.807, 2.05) is 6.92 Å². The Balaban J connectivity index is 3.24. The number of hydrogen-bond donors (Lipinski definition) is 1. The Labute approximate surface area is 94.6 Å². The lowest BCUT2D eigenvalue weighted by atomic mass is 10.1. The van der Waals surface area contributed by atoms with Crippen LogP contribution in [0.1, 0.15) is 25.0 Å². The summed E-state index contributed by atoms with van der Waals surface area (Å²) < 4.78 is 10.2. The first-order valence-corrected chi connectivity index (χ1v) is 5.11. The van der Waals surface area contributed by atoms with Crippen LogP contribution in [-0.4, -0.2) is 19.3 Å². The molecule has 0 saturated carbocycles. The van der Waals surface area contributed by atoms with Crippen LogP contribution in [0, 0.1) is 0 Å². The molecule has 0 heterocycles. The zero-order valence-corrected chi connectivity index (χ0v) is 9.84. The maximum Gasteiger partial charge on any atom is 0.147 e. The monoisotopic (exact) mass is 230 g/mol. The molecule has 0 unspecified atom stereocenters. The van der Waals surface area contributed by atoms with Crippen molar-refractivity contribution < 1.29 is 14.6 Å². The minimum absolute atomic E-state index is 0.394. The summed E-state index contributed by atoms with van der Waals surface area (Å²) in [7, 11) is 3.06. The lowest BCUT2D eigenvalue weighted by Crippen LogP contribution is -2.00. The molecule has 0 saturated heterocycles. The Hall–Kier alpha value is -0.930. The normalized spacial score (nSPS) is 12.3. The van der Waals surface area contributed by atoms with E-state index in [0.29, 0.717) is 28.5 Å². The van der Waals surface area contributed by atoms with Gasteiger partial charge in [0.15, 0.2) is 0 Å². The predicted molar refractivity (Wildman–Crippen MR) is 59.8 cm³/mol. The molecule has 0 spiro atoms. The topological polar surface area (TPSA) is 38.7 Å². The van der Waals surface area contributed by atoms with Crippen LogP contribution in [0.15, 0.2) is 12.1 Å². The van der Waals surface area contributed by atoms with Gasteiger partial charge in [-0.25, -0.2) is 0 Å². The van der Waals surface area contributed by atoms with Crippen molar-refractivity contribution in [3.63, 3.8) is 0 Å². The van der Waals surface area contributed by atoms with Crippen molar-refractivity contribution >= 4 is 11.6 Å². The first-order chi connectivity index (χ1) is 7.15. The second kappa shape index (κ2) is 5.24. The van der Waals surface area contributed by atoms with Gasteiger partial charge in [0.25, 0.3) is 0 Å². The molecule has 0 aliphatic carbocycles. The summed E-state index contributed by atoms with van der Waals surface area (Å²) in [5, 5.41) is 10.1. The van der Waals surface area contributed by atoms with Crippen molar-refractivity contribution in [2.75, 3.05) is 14.2 Å². The lowest BCUT2D eigenvalue weighted by molar-refractivity contribution is 0.169. The summed E-state index contributed by atoms with van der Waals surface area (Å²) in [5.74, 6) is 1.02. The Morgan fingerprint density at radius 1 is 1.33 bits per heavy atom. The molecule has 1 aromatic rings. The number of aliphatic hydroxyl groups excluding tert-OH is 1. The number of methoxy groups -OCH3 is 2. The van der Waals surface area contributed by atoms with E-state index < -0.39 is 6.10 Å². The Morgan fingerprint density at radius 2 is 2.00 bits per heavy atom. The van der Waals surface area contributed by atoms with Gasteiger partial charge in [-0.1, -0.05) is 18.5 Å². The van der Waals surface area contributed by atoms with Crippen LogP contribution >= 0.6 is 11.6 Å². The van der Waals surface area contributed by atoms with Crippen molar-refractivity contribution in [2.24, 2.45) is 0 Å². The molecule has 3 nitrogen and oxygen atoms in total. The van der Waals surface area contributed by atoms with E-state index in [2.05, 4.69) is 0 Å². The molecule has 1 aromatic carbocycles. The van der Waals surface area contributed by atoms with Gasteiger partial charge in [0.05, 0.1) is 20.3 Å². The van der Waals surface area contributed by atoms with E-state index in [0.717, 1.165) is 0 Å². The molecule has 0 fully saturated rings. The molecule has 0 aliphatic heterocycles. The number of ether oxygens (including phenoxy) is 2. The fraction of sp³-hybridized carbons (Fsp3) is 0.455. The Bertz CT molecular complexity index is 339. The van der Waals surface area contributed by atoms with Crippen LogP contribution in [0.5, 0.6) is 11.5 Å². The van der Waals surface area contributed by atoms with Gasteiger partial charge in [0.2, 0.25) is 0 Å². The smallest absolute Gasteiger partial charge is 0.147 e. The van der Waals surface area contributed by atoms with Crippen molar-refractivity contribution in [3.8, 4) is 11.5 Å². The molecule has 0 radical (unpaired) electrons. The highest BCUT2D eigenvalue weighted by molar-refractivity contribution is 6.33. The average molecular weight is 231 g/mol. The first kappa shape index (κ1) is 12.1. The number of hydrogen-bond acceptors (Lipinski definition) is 3. The van der Waals surface area contributed by atoms with Crippen molar-refractivity contribution in [3.05, 3.63) is 22.7 Å². The third-order valence-corrected chi connectivity index (χ3v) is 2.62. The van der Waals surface area contributed by atoms with Gasteiger partial charge < -0.3 is 14.6 Å². The summed E-state index contributed by atoms with van der Waals surface area (Å²) in [4.78, 5) is 0. The van der Waals surface area contributed by atoms with E-state index in [-0.39, 0.29) is 0 Å². The van der Waals surface area contributed by atoms with Crippen molar-refractivity contribution in [2.45, 2.75) is 19.4 Å². The van der Waals surface area contributed by atoms with Gasteiger partial charge in [-0.05, 0) is 18.6 Å². The fourth-order valence-corrected chi connectivity index (χ4v) is 1.73. The van der Waals surface area contributed by atoms with Gasteiger partial charge in [-0.15, -0.1) is 0 Å². The van der Waals surface area contributed by atoms with Crippen LogP contribution in [0.25, 0.3) is 0 Å². The quantitative estimate of drug-likeness (QED) is 0.865. The molecule has 0 bridgehead atoms. The van der Waals surface area contributed by atoms with Gasteiger partial charge in [-0.3, -0.25) is 0 Å². The Kier molecular flexibility index (Phi) is 4.24. The summed E-state index contributed by atoms with van der Waals surface area (Å²) in [6.45, 7) is 1.89. The lowest BCUT2D eigenvalue weighted by Gasteiger charge is -2.16. The minimum Gasteiger partial charge on any atom is -0.495 e. The SMILES string of the molecule is CC[C@@H](O)c1ccc(OC)c(Cl)c1OC. The molecule has 0 amide bonds. The van der Waals surface area contributed by atoms with E-state index in [1.54, 1.807) is 12.1 Å². The minimum atomic E-state index is -0.566. The van der Waals surface area contributed by atoms with Crippen LogP contribution in [0.2, 0.25) is 5.02 Å². The van der Waals surface area contributed by atoms with Crippen LogP contribution in [0.3, 0.4) is 0 Å². The molecule has 4 heteroatoms. The van der Waals surface area contributed by atoms with Crippen molar-refractivity contribution in [1.82, 2.24) is 0 Å². The predicted octanol–water partition coefficient (Wildman–Crippen LogP) is 2.80. The molecule has 1 atom stereocenters. The molecular weight excluding hydrogens is 216 g/mol. The van der Waals surface area contributed by atoms with E-state index in [4.69, 9.17) is 21.1 Å². The van der Waals surface area contributed by atoms with Gasteiger partial charge in [-0.2, -0.15) is 0 Å². The maximum atomic E-state index is 9.75. The number of benzene rings is 1. The number of aliphatic hydroxyl groups is 1. The third kappa shape index (κ3) is 2.36. The van der Waals surface area contributed by atoms with Crippen LogP contribution in [-0.2, 0) is 0 Å². The second-order valence-corrected chi connectivity index (χ2v) is 3.51. The zero-order valence-electron chi connectivity index (χ0n) is 9.08. The molecule has 0 aromatic heterocycles. The molecule has 84 valence electrons. The fourth-order valence-electron chi connectivity index (χ4n) is 1.40. The number of rotatable bonds is 4. The molecule has 0 aliphatic rings. The highest BCUT2D eigenvalue weighted by Gasteiger charge is 2.17. The van der Waals surface area contributed by atoms with Gasteiger partial charge >= 0.3 is 0 Å². The Morgan fingerprint density at radius 3 is 2.47 bits per heavy atom. The average Bonchev–Trinajstić information content (AvgIpc) is 2.27. The van der Waals surface area contributed by atoms with Gasteiger partial charge in [0, 0.05) is 5.56 Å². The maximum absolute atomic E-state index is 9.75.